The van der Waals surface area contributed by atoms with Crippen LogP contribution in [0.2, 0.25) is 0 Å². The fraction of sp³-hybridized carbons (Fsp3) is 0.391. The van der Waals surface area contributed by atoms with Crippen LogP contribution in [0.5, 0.6) is 0 Å². The Labute approximate surface area is 185 Å². The van der Waals surface area contributed by atoms with Crippen molar-refractivity contribution in [3.05, 3.63) is 59.7 Å². The number of nitrogens with zero attached hydrogens (tertiary/aromatic N) is 3. The second kappa shape index (κ2) is 10.0. The van der Waals surface area contributed by atoms with Gasteiger partial charge in [0, 0.05) is 44.6 Å². The van der Waals surface area contributed by atoms with Gasteiger partial charge in [0.05, 0.1) is 18.7 Å². The number of alkyl halides is 3. The lowest BCUT2D eigenvalue weighted by atomic mass is 10.1. The van der Waals surface area contributed by atoms with Crippen LogP contribution in [0, 0.1) is 6.92 Å². The average molecular weight is 448 g/mol. The standard InChI is InChI=1S/C23H27F3N4O2/c1-17-6-8-19(9-7-17)27-21(31)15-28(2)22(32)16-29-10-12-30(13-11-29)20-5-3-4-18(14-20)23(24,25)26/h3-9,14H,10-13,15-16H2,1-2H3,(H,27,31). The lowest BCUT2D eigenvalue weighted by molar-refractivity contribution is -0.137. The van der Waals surface area contributed by atoms with Crippen LogP contribution < -0.4 is 10.2 Å². The molecule has 9 heteroatoms. The zero-order chi connectivity index (χ0) is 23.3. The Bertz CT molecular complexity index is 939. The van der Waals surface area contributed by atoms with Gasteiger partial charge in [0.2, 0.25) is 11.8 Å². The van der Waals surface area contributed by atoms with Gasteiger partial charge in [0.25, 0.3) is 0 Å². The Morgan fingerprint density at radius 3 is 2.31 bits per heavy atom. The second-order valence-corrected chi connectivity index (χ2v) is 7.98. The van der Waals surface area contributed by atoms with E-state index in [1.165, 1.54) is 11.0 Å². The maximum atomic E-state index is 12.9. The number of hydrogen-bond acceptors (Lipinski definition) is 4. The Hall–Kier alpha value is -3.07. The molecule has 1 aliphatic rings. The minimum atomic E-state index is -4.37. The van der Waals surface area contributed by atoms with Gasteiger partial charge in [-0.3, -0.25) is 14.5 Å². The Kier molecular flexibility index (Phi) is 7.40. The summed E-state index contributed by atoms with van der Waals surface area (Å²) in [6.45, 7) is 4.19. The predicted molar refractivity (Wildman–Crippen MR) is 118 cm³/mol. The van der Waals surface area contributed by atoms with Crippen LogP contribution >= 0.6 is 0 Å². The molecule has 1 N–H and O–H groups in total. The first-order valence-electron chi connectivity index (χ1n) is 10.4. The minimum absolute atomic E-state index is 0.0586. The van der Waals surface area contributed by atoms with E-state index in [1.54, 1.807) is 25.2 Å². The van der Waals surface area contributed by atoms with Crippen LogP contribution in [0.15, 0.2) is 48.5 Å². The van der Waals surface area contributed by atoms with E-state index in [2.05, 4.69) is 5.32 Å². The van der Waals surface area contributed by atoms with E-state index in [9.17, 15) is 22.8 Å². The second-order valence-electron chi connectivity index (χ2n) is 7.98. The number of likely N-dealkylation sites (N-methyl/N-ethyl adjacent to an activating group) is 1. The number of amides is 2. The fourth-order valence-electron chi connectivity index (χ4n) is 3.50. The third-order valence-corrected chi connectivity index (χ3v) is 5.41. The Balaban J connectivity index is 1.45. The van der Waals surface area contributed by atoms with Crippen molar-refractivity contribution in [1.82, 2.24) is 9.80 Å². The van der Waals surface area contributed by atoms with Crippen molar-refractivity contribution < 1.29 is 22.8 Å². The van der Waals surface area contributed by atoms with Crippen molar-refractivity contribution in [3.8, 4) is 0 Å². The van der Waals surface area contributed by atoms with Crippen molar-refractivity contribution in [1.29, 1.82) is 0 Å². The zero-order valence-corrected chi connectivity index (χ0v) is 18.2. The van der Waals surface area contributed by atoms with Gasteiger partial charge in [0.15, 0.2) is 0 Å². The van der Waals surface area contributed by atoms with Crippen LogP contribution in [-0.4, -0.2) is 67.9 Å². The number of anilines is 2. The molecule has 6 nitrogen and oxygen atoms in total. The first-order valence-corrected chi connectivity index (χ1v) is 10.4. The summed E-state index contributed by atoms with van der Waals surface area (Å²) < 4.78 is 38.8. The molecule has 2 aromatic carbocycles. The zero-order valence-electron chi connectivity index (χ0n) is 18.2. The summed E-state index contributed by atoms with van der Waals surface area (Å²) in [7, 11) is 1.58. The van der Waals surface area contributed by atoms with Gasteiger partial charge in [-0.25, -0.2) is 0 Å². The normalized spacial score (nSPS) is 14.8. The first-order chi connectivity index (χ1) is 15.1. The number of rotatable bonds is 6. The SMILES string of the molecule is Cc1ccc(NC(=O)CN(C)C(=O)CN2CCN(c3cccc(C(F)(F)F)c3)CC2)cc1. The van der Waals surface area contributed by atoms with Gasteiger partial charge in [0.1, 0.15) is 0 Å². The Morgan fingerprint density at radius 1 is 1.03 bits per heavy atom. The van der Waals surface area contributed by atoms with Crippen molar-refractivity contribution >= 4 is 23.2 Å². The molecule has 1 aliphatic heterocycles. The van der Waals surface area contributed by atoms with Gasteiger partial charge in [-0.2, -0.15) is 13.2 Å². The van der Waals surface area contributed by atoms with Crippen LogP contribution in [0.1, 0.15) is 11.1 Å². The molecular formula is C23H27F3N4O2. The summed E-state index contributed by atoms with van der Waals surface area (Å²) in [5.41, 5.74) is 1.62. The molecule has 1 saturated heterocycles. The van der Waals surface area contributed by atoms with Gasteiger partial charge in [-0.1, -0.05) is 23.8 Å². The molecule has 0 aliphatic carbocycles. The first kappa shape index (κ1) is 23.6. The monoisotopic (exact) mass is 448 g/mol. The predicted octanol–water partition coefficient (Wildman–Crippen LogP) is 3.23. The number of halogens is 3. The van der Waals surface area contributed by atoms with Crippen molar-refractivity contribution in [2.45, 2.75) is 13.1 Å². The summed E-state index contributed by atoms with van der Waals surface area (Å²) in [5, 5.41) is 2.76. The molecule has 2 aromatic rings. The maximum absolute atomic E-state index is 12.9. The highest BCUT2D eigenvalue weighted by atomic mass is 19.4. The van der Waals surface area contributed by atoms with Crippen LogP contribution in [-0.2, 0) is 15.8 Å². The summed E-state index contributed by atoms with van der Waals surface area (Å²) in [6.07, 6.45) is -4.37. The van der Waals surface area contributed by atoms with Crippen molar-refractivity contribution in [3.63, 3.8) is 0 Å². The molecule has 0 unspecified atom stereocenters. The van der Waals surface area contributed by atoms with Gasteiger partial charge in [-0.05, 0) is 37.3 Å². The van der Waals surface area contributed by atoms with Gasteiger partial charge in [-0.15, -0.1) is 0 Å². The molecule has 0 bridgehead atoms. The number of nitrogens with one attached hydrogen (secondary N) is 1. The third-order valence-electron chi connectivity index (χ3n) is 5.41. The van der Waals surface area contributed by atoms with E-state index >= 15 is 0 Å². The summed E-state index contributed by atoms with van der Waals surface area (Å²) in [4.78, 5) is 29.9. The molecule has 0 saturated carbocycles. The lowest BCUT2D eigenvalue weighted by Gasteiger charge is -2.36. The molecule has 3 rings (SSSR count). The smallest absolute Gasteiger partial charge is 0.369 e. The van der Waals surface area contributed by atoms with Crippen LogP contribution in [0.3, 0.4) is 0 Å². The van der Waals surface area contributed by atoms with Crippen LogP contribution in [0.4, 0.5) is 24.5 Å². The molecule has 0 spiro atoms. The molecule has 172 valence electrons. The highest BCUT2D eigenvalue weighted by Crippen LogP contribution is 2.31. The molecule has 0 radical (unpaired) electrons. The maximum Gasteiger partial charge on any atom is 0.416 e. The summed E-state index contributed by atoms with van der Waals surface area (Å²) >= 11 is 0. The highest BCUT2D eigenvalue weighted by Gasteiger charge is 2.31. The number of carbonyl (C=O) groups excluding carboxylic acids is 2. The molecule has 0 atom stereocenters. The summed E-state index contributed by atoms with van der Waals surface area (Å²) in [5.74, 6) is -0.462. The van der Waals surface area contributed by atoms with Crippen molar-refractivity contribution in [2.24, 2.45) is 0 Å². The van der Waals surface area contributed by atoms with E-state index in [-0.39, 0.29) is 24.9 Å². The molecular weight excluding hydrogens is 421 g/mol. The molecule has 0 aromatic heterocycles. The van der Waals surface area contributed by atoms with Gasteiger partial charge >= 0.3 is 6.18 Å². The van der Waals surface area contributed by atoms with E-state index in [4.69, 9.17) is 0 Å². The average Bonchev–Trinajstić information content (AvgIpc) is 2.75. The number of piperazine rings is 1. The number of benzene rings is 2. The molecule has 2 amide bonds. The highest BCUT2D eigenvalue weighted by molar-refractivity contribution is 5.94. The Morgan fingerprint density at radius 2 is 1.69 bits per heavy atom. The largest absolute Gasteiger partial charge is 0.416 e. The quantitative estimate of drug-likeness (QED) is 0.737. The van der Waals surface area contributed by atoms with E-state index in [0.29, 0.717) is 37.6 Å². The molecule has 32 heavy (non-hydrogen) atoms. The van der Waals surface area contributed by atoms with E-state index in [0.717, 1.165) is 17.7 Å². The number of hydrogen-bond donors (Lipinski definition) is 1. The minimum Gasteiger partial charge on any atom is -0.369 e. The fourth-order valence-corrected chi connectivity index (χ4v) is 3.50. The molecule has 1 fully saturated rings. The molecule has 1 heterocycles. The summed E-state index contributed by atoms with van der Waals surface area (Å²) in [6, 6.07) is 12.7. The third kappa shape index (κ3) is 6.46. The number of aryl methyl sites for hydroxylation is 1. The van der Waals surface area contributed by atoms with E-state index < -0.39 is 11.7 Å². The van der Waals surface area contributed by atoms with Crippen LogP contribution in [0.25, 0.3) is 0 Å². The topological polar surface area (TPSA) is 55.9 Å². The number of carbonyl (C=O) groups is 2. The van der Waals surface area contributed by atoms with Crippen molar-refractivity contribution in [2.75, 3.05) is 56.5 Å². The van der Waals surface area contributed by atoms with Gasteiger partial charge < -0.3 is 15.1 Å². The lowest BCUT2D eigenvalue weighted by Crippen LogP contribution is -2.50. The van der Waals surface area contributed by atoms with E-state index in [1.807, 2.05) is 28.9 Å².